The summed E-state index contributed by atoms with van der Waals surface area (Å²) >= 11 is 0. The summed E-state index contributed by atoms with van der Waals surface area (Å²) in [6.45, 7) is -0.211. The van der Waals surface area contributed by atoms with E-state index in [0.29, 0.717) is 34.5 Å². The number of ketones is 1. The average Bonchev–Trinajstić information content (AvgIpc) is 3.21. The van der Waals surface area contributed by atoms with Crippen molar-refractivity contribution in [3.63, 3.8) is 0 Å². The second kappa shape index (κ2) is 6.11. The molecule has 5 heteroatoms. The number of benzene rings is 2. The van der Waals surface area contributed by atoms with Crippen molar-refractivity contribution in [2.75, 3.05) is 0 Å². The minimum Gasteiger partial charge on any atom is -0.392 e. The second-order valence-electron chi connectivity index (χ2n) is 6.01. The highest BCUT2D eigenvalue weighted by Gasteiger charge is 2.24. The molecule has 3 aromatic rings. The van der Waals surface area contributed by atoms with E-state index in [0.717, 1.165) is 11.1 Å². The van der Waals surface area contributed by atoms with Gasteiger partial charge in [0, 0.05) is 23.1 Å². The number of halogens is 1. The number of hydrogen-bond donors (Lipinski definition) is 2. The molecule has 124 valence electrons. The van der Waals surface area contributed by atoms with Crippen LogP contribution in [0.1, 0.15) is 27.2 Å². The van der Waals surface area contributed by atoms with Gasteiger partial charge in [0.15, 0.2) is 5.78 Å². The lowest BCUT2D eigenvalue weighted by atomic mass is 10.1. The molecular weight excluding hydrogens is 319 g/mol. The van der Waals surface area contributed by atoms with Crippen molar-refractivity contribution < 1.29 is 14.3 Å². The number of aliphatic hydroxyl groups is 1. The van der Waals surface area contributed by atoms with E-state index < -0.39 is 5.82 Å². The molecule has 1 aliphatic carbocycles. The Hall–Kier alpha value is -3.05. The summed E-state index contributed by atoms with van der Waals surface area (Å²) in [6.07, 6.45) is 2.35. The summed E-state index contributed by atoms with van der Waals surface area (Å²) in [5.74, 6) is -0.424. The maximum absolute atomic E-state index is 14.1. The van der Waals surface area contributed by atoms with Gasteiger partial charge < -0.3 is 5.11 Å². The SMILES string of the molecule is O=C1/C(=C/c2cc(-c3ccc(CO)cc3F)n[nH]2)Cc2ccccc21. The third-order valence-corrected chi connectivity index (χ3v) is 4.35. The van der Waals surface area contributed by atoms with E-state index in [1.54, 1.807) is 24.3 Å². The van der Waals surface area contributed by atoms with E-state index in [4.69, 9.17) is 5.11 Å². The smallest absolute Gasteiger partial charge is 0.189 e. The van der Waals surface area contributed by atoms with Gasteiger partial charge in [-0.2, -0.15) is 5.10 Å². The first-order valence-electron chi connectivity index (χ1n) is 7.94. The number of carbonyl (C=O) groups excluding carboxylic acids is 1. The van der Waals surface area contributed by atoms with Crippen LogP contribution in [0.15, 0.2) is 54.1 Å². The summed E-state index contributed by atoms with van der Waals surface area (Å²) in [5.41, 5.74) is 4.40. The van der Waals surface area contributed by atoms with Gasteiger partial charge in [-0.3, -0.25) is 9.89 Å². The molecule has 2 N–H and O–H groups in total. The van der Waals surface area contributed by atoms with Crippen LogP contribution in [-0.2, 0) is 13.0 Å². The van der Waals surface area contributed by atoms with Gasteiger partial charge in [-0.1, -0.05) is 30.3 Å². The molecule has 25 heavy (non-hydrogen) atoms. The number of allylic oxidation sites excluding steroid dienone is 1. The fourth-order valence-corrected chi connectivity index (χ4v) is 3.07. The minimum absolute atomic E-state index is 0.0187. The van der Waals surface area contributed by atoms with Crippen LogP contribution in [0.5, 0.6) is 0 Å². The Labute approximate surface area is 143 Å². The summed E-state index contributed by atoms with van der Waals surface area (Å²) < 4.78 is 14.1. The fraction of sp³-hybridized carbons (Fsp3) is 0.100. The normalized spacial score (nSPS) is 15.0. The summed E-state index contributed by atoms with van der Waals surface area (Å²) in [5, 5.41) is 16.0. The molecule has 1 heterocycles. The Morgan fingerprint density at radius 1 is 1.16 bits per heavy atom. The molecular formula is C20H15FN2O2. The highest BCUT2D eigenvalue weighted by molar-refractivity contribution is 6.15. The number of nitrogens with one attached hydrogen (secondary N) is 1. The Morgan fingerprint density at radius 3 is 2.76 bits per heavy atom. The molecule has 0 fully saturated rings. The van der Waals surface area contributed by atoms with Crippen LogP contribution in [0.2, 0.25) is 0 Å². The minimum atomic E-state index is -0.443. The summed E-state index contributed by atoms with van der Waals surface area (Å²) in [4.78, 5) is 12.4. The Kier molecular flexibility index (Phi) is 3.78. The molecule has 0 aliphatic heterocycles. The molecule has 1 aliphatic rings. The van der Waals surface area contributed by atoms with Crippen molar-refractivity contribution in [2.45, 2.75) is 13.0 Å². The van der Waals surface area contributed by atoms with E-state index in [1.807, 2.05) is 24.3 Å². The van der Waals surface area contributed by atoms with Gasteiger partial charge in [0.2, 0.25) is 0 Å². The van der Waals surface area contributed by atoms with Gasteiger partial charge >= 0.3 is 0 Å². The van der Waals surface area contributed by atoms with Crippen molar-refractivity contribution in [1.29, 1.82) is 0 Å². The van der Waals surface area contributed by atoms with Crippen LogP contribution in [0.4, 0.5) is 4.39 Å². The standard InChI is InChI=1S/C20H15FN2O2/c21-18-7-12(11-24)5-6-17(18)19-10-15(22-23-19)9-14-8-13-3-1-2-4-16(13)20(14)25/h1-7,9-10,24H,8,11H2,(H,22,23)/b14-9+. The highest BCUT2D eigenvalue weighted by atomic mass is 19.1. The predicted molar refractivity (Wildman–Crippen MR) is 92.4 cm³/mol. The number of aromatic nitrogens is 2. The van der Waals surface area contributed by atoms with Gasteiger partial charge in [-0.15, -0.1) is 0 Å². The number of fused-ring (bicyclic) bond motifs is 1. The number of nitrogens with zero attached hydrogens (tertiary/aromatic N) is 1. The molecule has 0 spiro atoms. The zero-order valence-corrected chi connectivity index (χ0v) is 13.3. The molecule has 0 saturated heterocycles. The number of aliphatic hydroxyl groups excluding tert-OH is 1. The van der Waals surface area contributed by atoms with Crippen molar-refractivity contribution >= 4 is 11.9 Å². The van der Waals surface area contributed by atoms with Crippen LogP contribution < -0.4 is 0 Å². The molecule has 4 nitrogen and oxygen atoms in total. The molecule has 0 amide bonds. The second-order valence-corrected chi connectivity index (χ2v) is 6.01. The van der Waals surface area contributed by atoms with Crippen LogP contribution in [0.25, 0.3) is 17.3 Å². The third kappa shape index (κ3) is 2.79. The number of H-pyrrole nitrogens is 1. The summed E-state index contributed by atoms with van der Waals surface area (Å²) in [7, 11) is 0. The van der Waals surface area contributed by atoms with Gasteiger partial charge in [-0.05, 0) is 35.4 Å². The lowest BCUT2D eigenvalue weighted by molar-refractivity contribution is 0.104. The average molecular weight is 334 g/mol. The van der Waals surface area contributed by atoms with Gasteiger partial charge in [0.25, 0.3) is 0 Å². The molecule has 4 rings (SSSR count). The first-order chi connectivity index (χ1) is 12.2. The van der Waals surface area contributed by atoms with E-state index >= 15 is 0 Å². The van der Waals surface area contributed by atoms with E-state index in [1.165, 1.54) is 6.07 Å². The van der Waals surface area contributed by atoms with Crippen molar-refractivity contribution in [3.8, 4) is 11.3 Å². The zero-order valence-electron chi connectivity index (χ0n) is 13.3. The van der Waals surface area contributed by atoms with Gasteiger partial charge in [-0.25, -0.2) is 4.39 Å². The Bertz CT molecular complexity index is 1000. The topological polar surface area (TPSA) is 66.0 Å². The van der Waals surface area contributed by atoms with Crippen molar-refractivity contribution in [3.05, 3.63) is 82.3 Å². The number of aromatic amines is 1. The lowest BCUT2D eigenvalue weighted by Gasteiger charge is -2.01. The quantitative estimate of drug-likeness (QED) is 0.720. The third-order valence-electron chi connectivity index (χ3n) is 4.35. The van der Waals surface area contributed by atoms with Crippen molar-refractivity contribution in [2.24, 2.45) is 0 Å². The van der Waals surface area contributed by atoms with E-state index in [-0.39, 0.29) is 12.4 Å². The van der Waals surface area contributed by atoms with Crippen LogP contribution >= 0.6 is 0 Å². The monoisotopic (exact) mass is 334 g/mol. The molecule has 1 aromatic heterocycles. The van der Waals surface area contributed by atoms with Crippen molar-refractivity contribution in [1.82, 2.24) is 10.2 Å². The number of Topliss-reactive ketones (excluding diaryl/α,β-unsaturated/α-hetero) is 1. The van der Waals surface area contributed by atoms with Crippen LogP contribution in [0, 0.1) is 5.82 Å². The first kappa shape index (κ1) is 15.5. The highest BCUT2D eigenvalue weighted by Crippen LogP contribution is 2.28. The molecule has 2 aromatic carbocycles. The molecule has 0 saturated carbocycles. The lowest BCUT2D eigenvalue weighted by Crippen LogP contribution is -1.94. The molecule has 0 unspecified atom stereocenters. The summed E-state index contributed by atoms with van der Waals surface area (Å²) in [6, 6.07) is 13.8. The largest absolute Gasteiger partial charge is 0.392 e. The fourth-order valence-electron chi connectivity index (χ4n) is 3.07. The number of hydrogen-bond acceptors (Lipinski definition) is 3. The first-order valence-corrected chi connectivity index (χ1v) is 7.94. The van der Waals surface area contributed by atoms with Gasteiger partial charge in [0.05, 0.1) is 18.0 Å². The van der Waals surface area contributed by atoms with E-state index in [2.05, 4.69) is 10.2 Å². The van der Waals surface area contributed by atoms with E-state index in [9.17, 15) is 9.18 Å². The van der Waals surface area contributed by atoms with Gasteiger partial charge in [0.1, 0.15) is 5.82 Å². The van der Waals surface area contributed by atoms with Crippen LogP contribution in [-0.4, -0.2) is 21.1 Å². The molecule has 0 atom stereocenters. The van der Waals surface area contributed by atoms with Crippen LogP contribution in [0.3, 0.4) is 0 Å². The Morgan fingerprint density at radius 2 is 2.00 bits per heavy atom. The number of rotatable bonds is 3. The maximum Gasteiger partial charge on any atom is 0.189 e. The molecule has 0 bridgehead atoms. The predicted octanol–water partition coefficient (Wildman–Crippen LogP) is 3.53. The Balaban J connectivity index is 1.64. The number of carbonyl (C=O) groups is 1. The zero-order chi connectivity index (χ0) is 17.4. The molecule has 0 radical (unpaired) electrons. The maximum atomic E-state index is 14.1.